The Morgan fingerprint density at radius 2 is 2.05 bits per heavy atom. The summed E-state index contributed by atoms with van der Waals surface area (Å²) in [4.78, 5) is 16.6. The number of carbonyl (C=O) groups excluding carboxylic acids is 1. The van der Waals surface area contributed by atoms with Gasteiger partial charge >= 0.3 is 0 Å². The third-order valence-electron chi connectivity index (χ3n) is 4.28. The summed E-state index contributed by atoms with van der Waals surface area (Å²) in [5.74, 6) is 0.151. The van der Waals surface area contributed by atoms with Gasteiger partial charge in [0.1, 0.15) is 5.82 Å². The van der Waals surface area contributed by atoms with Crippen molar-refractivity contribution < 1.29 is 9.18 Å². The van der Waals surface area contributed by atoms with Gasteiger partial charge in [-0.05, 0) is 39.3 Å². The lowest BCUT2D eigenvalue weighted by Gasteiger charge is -2.34. The molecule has 1 aliphatic rings. The van der Waals surface area contributed by atoms with E-state index in [1.54, 1.807) is 6.07 Å². The fourth-order valence-corrected chi connectivity index (χ4v) is 3.06. The second-order valence-electron chi connectivity index (χ2n) is 5.68. The van der Waals surface area contributed by atoms with Gasteiger partial charge < -0.3 is 4.90 Å². The molecule has 21 heavy (non-hydrogen) atoms. The number of hydrogen-bond acceptors (Lipinski definition) is 2. The van der Waals surface area contributed by atoms with E-state index in [1.165, 1.54) is 6.07 Å². The summed E-state index contributed by atoms with van der Waals surface area (Å²) < 4.78 is 13.7. The van der Waals surface area contributed by atoms with E-state index in [1.807, 2.05) is 30.9 Å². The number of piperidine rings is 1. The first kappa shape index (κ1) is 16.0. The molecular weight excluding hydrogens is 267 g/mol. The minimum Gasteiger partial charge on any atom is -0.343 e. The maximum Gasteiger partial charge on any atom is 0.226 e. The number of hydrogen-bond donors (Lipinski definition) is 0. The van der Waals surface area contributed by atoms with E-state index in [2.05, 4.69) is 4.90 Å². The number of benzene rings is 1. The van der Waals surface area contributed by atoms with Crippen molar-refractivity contribution in [2.24, 2.45) is 5.92 Å². The SMILES string of the molecule is CCN(CC)C(=O)[C@@H]1CCCN(Cc2ccccc2F)C1. The van der Waals surface area contributed by atoms with Gasteiger partial charge in [-0.3, -0.25) is 9.69 Å². The lowest BCUT2D eigenvalue weighted by Crippen LogP contribution is -2.44. The molecule has 0 aromatic heterocycles. The van der Waals surface area contributed by atoms with E-state index in [0.717, 1.165) is 39.0 Å². The Bertz CT molecular complexity index is 474. The fraction of sp³-hybridized carbons (Fsp3) is 0.588. The molecule has 0 spiro atoms. The first-order valence-electron chi connectivity index (χ1n) is 7.90. The van der Waals surface area contributed by atoms with Gasteiger partial charge in [0.25, 0.3) is 0 Å². The zero-order valence-electron chi connectivity index (χ0n) is 13.0. The van der Waals surface area contributed by atoms with E-state index < -0.39 is 0 Å². The van der Waals surface area contributed by atoms with Crippen LogP contribution in [0.5, 0.6) is 0 Å². The van der Waals surface area contributed by atoms with Gasteiger partial charge in [-0.1, -0.05) is 18.2 Å². The summed E-state index contributed by atoms with van der Waals surface area (Å²) in [6.45, 7) is 7.83. The molecule has 1 aromatic rings. The molecule has 1 fully saturated rings. The van der Waals surface area contributed by atoms with Crippen LogP contribution in [-0.4, -0.2) is 41.9 Å². The highest BCUT2D eigenvalue weighted by atomic mass is 19.1. The van der Waals surface area contributed by atoms with Crippen LogP contribution in [0.4, 0.5) is 4.39 Å². The average Bonchev–Trinajstić information content (AvgIpc) is 2.51. The highest BCUT2D eigenvalue weighted by Crippen LogP contribution is 2.21. The van der Waals surface area contributed by atoms with Gasteiger partial charge in [0.15, 0.2) is 0 Å². The molecule has 116 valence electrons. The van der Waals surface area contributed by atoms with Gasteiger partial charge in [0.05, 0.1) is 5.92 Å². The Morgan fingerprint density at radius 3 is 2.71 bits per heavy atom. The normalized spacial score (nSPS) is 19.5. The van der Waals surface area contributed by atoms with Gasteiger partial charge in [0, 0.05) is 31.7 Å². The zero-order valence-corrected chi connectivity index (χ0v) is 13.0. The Hall–Kier alpha value is -1.42. The first-order chi connectivity index (χ1) is 10.2. The molecular formula is C17H25FN2O. The van der Waals surface area contributed by atoms with Crippen LogP contribution in [-0.2, 0) is 11.3 Å². The average molecular weight is 292 g/mol. The van der Waals surface area contributed by atoms with E-state index in [9.17, 15) is 9.18 Å². The molecule has 1 amide bonds. The number of rotatable bonds is 5. The van der Waals surface area contributed by atoms with Crippen LogP contribution in [0, 0.1) is 11.7 Å². The standard InChI is InChI=1S/C17H25FN2O/c1-3-20(4-2)17(21)15-9-7-11-19(13-15)12-14-8-5-6-10-16(14)18/h5-6,8,10,15H,3-4,7,9,11-13H2,1-2H3/t15-/m1/s1. The number of nitrogens with zero attached hydrogens (tertiary/aromatic N) is 2. The largest absolute Gasteiger partial charge is 0.343 e. The summed E-state index contributed by atoms with van der Waals surface area (Å²) >= 11 is 0. The van der Waals surface area contributed by atoms with Crippen LogP contribution in [0.1, 0.15) is 32.3 Å². The van der Waals surface area contributed by atoms with Crippen molar-refractivity contribution >= 4 is 5.91 Å². The van der Waals surface area contributed by atoms with Gasteiger partial charge in [-0.15, -0.1) is 0 Å². The molecule has 0 saturated carbocycles. The molecule has 4 heteroatoms. The van der Waals surface area contributed by atoms with Gasteiger partial charge in [0.2, 0.25) is 5.91 Å². The van der Waals surface area contributed by atoms with Crippen molar-refractivity contribution in [1.29, 1.82) is 0 Å². The van der Waals surface area contributed by atoms with Crippen molar-refractivity contribution in [1.82, 2.24) is 9.80 Å². The monoisotopic (exact) mass is 292 g/mol. The Labute approximate surface area is 126 Å². The molecule has 0 bridgehead atoms. The predicted molar refractivity (Wildman–Crippen MR) is 82.3 cm³/mol. The maximum absolute atomic E-state index is 13.7. The molecule has 1 aromatic carbocycles. The van der Waals surface area contributed by atoms with E-state index in [-0.39, 0.29) is 17.6 Å². The molecule has 1 saturated heterocycles. The minimum absolute atomic E-state index is 0.0606. The quantitative estimate of drug-likeness (QED) is 0.833. The van der Waals surface area contributed by atoms with Crippen LogP contribution in [0.15, 0.2) is 24.3 Å². The van der Waals surface area contributed by atoms with E-state index in [4.69, 9.17) is 0 Å². The van der Waals surface area contributed by atoms with Crippen molar-refractivity contribution in [3.05, 3.63) is 35.6 Å². The molecule has 0 N–H and O–H groups in total. The zero-order chi connectivity index (χ0) is 15.2. The molecule has 0 aliphatic carbocycles. The van der Waals surface area contributed by atoms with Gasteiger partial charge in [-0.25, -0.2) is 4.39 Å². The van der Waals surface area contributed by atoms with Crippen molar-refractivity contribution in [2.75, 3.05) is 26.2 Å². The highest BCUT2D eigenvalue weighted by molar-refractivity contribution is 5.79. The maximum atomic E-state index is 13.7. The Morgan fingerprint density at radius 1 is 1.33 bits per heavy atom. The fourth-order valence-electron chi connectivity index (χ4n) is 3.06. The third kappa shape index (κ3) is 4.03. The molecule has 0 unspecified atom stereocenters. The topological polar surface area (TPSA) is 23.6 Å². The number of halogens is 1. The smallest absolute Gasteiger partial charge is 0.226 e. The van der Waals surface area contributed by atoms with Crippen LogP contribution in [0.25, 0.3) is 0 Å². The lowest BCUT2D eigenvalue weighted by molar-refractivity contribution is -0.137. The number of amides is 1. The van der Waals surface area contributed by atoms with Crippen LogP contribution in [0.3, 0.4) is 0 Å². The summed E-state index contributed by atoms with van der Waals surface area (Å²) in [5, 5.41) is 0. The van der Waals surface area contributed by atoms with Crippen LogP contribution in [0.2, 0.25) is 0 Å². The van der Waals surface area contributed by atoms with Crippen LogP contribution < -0.4 is 0 Å². The minimum atomic E-state index is -0.158. The van der Waals surface area contributed by atoms with E-state index >= 15 is 0 Å². The summed E-state index contributed by atoms with van der Waals surface area (Å²) in [6.07, 6.45) is 1.95. The molecule has 2 rings (SSSR count). The first-order valence-corrected chi connectivity index (χ1v) is 7.90. The summed E-state index contributed by atoms with van der Waals surface area (Å²) in [6, 6.07) is 6.89. The Kier molecular flexibility index (Phi) is 5.74. The lowest BCUT2D eigenvalue weighted by atomic mass is 9.96. The van der Waals surface area contributed by atoms with Gasteiger partial charge in [-0.2, -0.15) is 0 Å². The Balaban J connectivity index is 1.98. The summed E-state index contributed by atoms with van der Waals surface area (Å²) in [5.41, 5.74) is 0.716. The van der Waals surface area contributed by atoms with Crippen molar-refractivity contribution in [3.8, 4) is 0 Å². The highest BCUT2D eigenvalue weighted by Gasteiger charge is 2.28. The molecule has 1 heterocycles. The second kappa shape index (κ2) is 7.55. The molecule has 0 radical (unpaired) electrons. The third-order valence-corrected chi connectivity index (χ3v) is 4.28. The number of carbonyl (C=O) groups is 1. The van der Waals surface area contributed by atoms with Crippen molar-refractivity contribution in [3.63, 3.8) is 0 Å². The number of likely N-dealkylation sites (tertiary alicyclic amines) is 1. The predicted octanol–water partition coefficient (Wildman–Crippen LogP) is 2.91. The molecule has 1 aliphatic heterocycles. The molecule has 1 atom stereocenters. The van der Waals surface area contributed by atoms with Crippen LogP contribution >= 0.6 is 0 Å². The van der Waals surface area contributed by atoms with Crippen molar-refractivity contribution in [2.45, 2.75) is 33.2 Å². The second-order valence-corrected chi connectivity index (χ2v) is 5.68. The molecule has 3 nitrogen and oxygen atoms in total. The summed E-state index contributed by atoms with van der Waals surface area (Å²) in [7, 11) is 0. The van der Waals surface area contributed by atoms with E-state index in [0.29, 0.717) is 12.1 Å².